The van der Waals surface area contributed by atoms with Gasteiger partial charge in [-0.05, 0) is 60.7 Å². The molecule has 4 amide bonds. The van der Waals surface area contributed by atoms with E-state index in [2.05, 4.69) is 5.32 Å². The lowest BCUT2D eigenvalue weighted by Gasteiger charge is -2.44. The predicted octanol–water partition coefficient (Wildman–Crippen LogP) is 3.46. The number of hydrogen-bond acceptors (Lipinski definition) is 18. The Morgan fingerprint density at radius 2 is 1.04 bits per heavy atom. The Balaban J connectivity index is 1.18. The van der Waals surface area contributed by atoms with Crippen molar-refractivity contribution >= 4 is 47.5 Å². The zero-order valence-electron chi connectivity index (χ0n) is 43.7. The molecule has 1 aliphatic rings. The van der Waals surface area contributed by atoms with Crippen LogP contribution in [0.15, 0.2) is 156 Å². The minimum absolute atomic E-state index is 0.0223. The topological polar surface area (TPSA) is 271 Å². The molecule has 1 aromatic heterocycles. The van der Waals surface area contributed by atoms with Gasteiger partial charge in [0.2, 0.25) is 23.6 Å². The van der Waals surface area contributed by atoms with Crippen LogP contribution >= 0.6 is 0 Å². The van der Waals surface area contributed by atoms with Crippen LogP contribution in [0, 0.1) is 0 Å². The van der Waals surface area contributed by atoms with E-state index in [1.54, 1.807) is 109 Å². The van der Waals surface area contributed by atoms with E-state index in [0.29, 0.717) is 5.76 Å². The number of rotatable bonds is 30. The van der Waals surface area contributed by atoms with Crippen molar-refractivity contribution in [3.8, 4) is 0 Å². The summed E-state index contributed by atoms with van der Waals surface area (Å²) in [5, 5.41) is 3.00. The minimum atomic E-state index is -1.63. The average Bonchev–Trinajstić information content (AvgIpc) is 4.02. The first kappa shape index (κ1) is 59.7. The lowest BCUT2D eigenvalue weighted by Crippen LogP contribution is -2.63. The summed E-state index contributed by atoms with van der Waals surface area (Å²) >= 11 is 0. The Hall–Kier alpha value is -8.54. The lowest BCUT2D eigenvalue weighted by molar-refractivity contribution is -0.295. The van der Waals surface area contributed by atoms with Gasteiger partial charge in [-0.1, -0.05) is 84.9 Å². The third-order valence-electron chi connectivity index (χ3n) is 11.9. The van der Waals surface area contributed by atoms with E-state index >= 15 is 0 Å². The molecule has 1 aliphatic heterocycles. The van der Waals surface area contributed by atoms with Crippen molar-refractivity contribution in [3.05, 3.63) is 180 Å². The summed E-state index contributed by atoms with van der Waals surface area (Å²) in [5.74, 6) is -5.36. The molecule has 0 spiro atoms. The number of methoxy groups -OCH3 is 2. The van der Waals surface area contributed by atoms with Gasteiger partial charge in [0.1, 0.15) is 25.0 Å². The number of carbonyl (C=O) groups excluding carboxylic acids is 8. The van der Waals surface area contributed by atoms with Gasteiger partial charge in [-0.25, -0.2) is 19.2 Å². The Bertz CT molecular complexity index is 2770. The van der Waals surface area contributed by atoms with Crippen molar-refractivity contribution in [3.63, 3.8) is 0 Å². The van der Waals surface area contributed by atoms with Crippen LogP contribution in [0.25, 0.3) is 0 Å². The number of amides is 4. The van der Waals surface area contributed by atoms with Crippen LogP contribution < -0.4 is 11.1 Å². The van der Waals surface area contributed by atoms with Crippen LogP contribution in [0.3, 0.4) is 0 Å². The number of nitrogens with one attached hydrogen (secondary N) is 1. The van der Waals surface area contributed by atoms with Crippen LogP contribution in [0.5, 0.6) is 0 Å². The number of carbonyl (C=O) groups is 8. The van der Waals surface area contributed by atoms with E-state index in [4.69, 9.17) is 48.0 Å². The molecule has 5 atom stereocenters. The van der Waals surface area contributed by atoms with Gasteiger partial charge in [0.15, 0.2) is 24.6 Å². The molecule has 1 unspecified atom stereocenters. The minimum Gasteiger partial charge on any atom is -0.467 e. The summed E-state index contributed by atoms with van der Waals surface area (Å²) in [4.78, 5) is 111. The second-order valence-corrected chi connectivity index (χ2v) is 17.6. The fraction of sp³-hybridized carbons (Fsp3) is 0.333. The smallest absolute Gasteiger partial charge is 0.338 e. The maximum absolute atomic E-state index is 14.0. The van der Waals surface area contributed by atoms with E-state index in [1.807, 2.05) is 0 Å². The number of ether oxygens (including phenoxy) is 8. The molecule has 3 N–H and O–H groups in total. The van der Waals surface area contributed by atoms with Crippen LogP contribution in [-0.4, -0.2) is 179 Å². The normalized spacial score (nSPS) is 16.8. The molecule has 0 saturated carbocycles. The molecule has 418 valence electrons. The van der Waals surface area contributed by atoms with E-state index < -0.39 is 104 Å². The monoisotopic (exact) mass is 1090 g/mol. The summed E-state index contributed by atoms with van der Waals surface area (Å²) in [5.41, 5.74) is 5.97. The Morgan fingerprint density at radius 1 is 0.557 bits per heavy atom. The number of nitrogens with two attached hydrogens (primary N) is 1. The van der Waals surface area contributed by atoms with Crippen molar-refractivity contribution in [2.75, 3.05) is 86.5 Å². The standard InChI is InChI=1S/C57H63N5O17/c1-71-32-28-60(36-46(58)63)48(65)38-62(35-44-26-17-31-73-44)49(66)37-61(29-33-72-2)47(64)34-59-27-15-16-30-74-57-52(79-56(70)43-24-13-6-14-25-43)51(78-55(69)42-22-11-5-12-23-42)50(77-54(68)41-20-9-4-10-21-41)45(76-57)39-75-53(67)40-18-7-3-8-19-40/h3-26,31,45,50-52,57,59H,27-30,32-39H2,1-2H3,(H2,58,63)/b16-15+/t45-,50-,51+,52+,57?/m1/s1. The van der Waals surface area contributed by atoms with Gasteiger partial charge in [0, 0.05) is 33.9 Å². The summed E-state index contributed by atoms with van der Waals surface area (Å²) in [6, 6.07) is 35.2. The highest BCUT2D eigenvalue weighted by Crippen LogP contribution is 2.32. The van der Waals surface area contributed by atoms with Gasteiger partial charge in [-0.15, -0.1) is 0 Å². The molecule has 5 aromatic rings. The van der Waals surface area contributed by atoms with Crippen LogP contribution in [0.4, 0.5) is 0 Å². The molecule has 2 heterocycles. The van der Waals surface area contributed by atoms with Crippen LogP contribution in [0.1, 0.15) is 47.2 Å². The van der Waals surface area contributed by atoms with E-state index in [1.165, 1.54) is 71.6 Å². The van der Waals surface area contributed by atoms with Gasteiger partial charge in [-0.3, -0.25) is 19.2 Å². The van der Waals surface area contributed by atoms with E-state index in [0.717, 1.165) is 0 Å². The highest BCUT2D eigenvalue weighted by atomic mass is 16.7. The van der Waals surface area contributed by atoms with Gasteiger partial charge >= 0.3 is 23.9 Å². The molecule has 1 fully saturated rings. The zero-order valence-corrected chi connectivity index (χ0v) is 43.7. The molecule has 0 bridgehead atoms. The van der Waals surface area contributed by atoms with Crippen molar-refractivity contribution in [2.45, 2.75) is 37.3 Å². The van der Waals surface area contributed by atoms with Crippen molar-refractivity contribution in [2.24, 2.45) is 5.73 Å². The number of benzene rings is 4. The maximum Gasteiger partial charge on any atom is 0.338 e. The Morgan fingerprint density at radius 3 is 1.54 bits per heavy atom. The molecule has 22 heteroatoms. The van der Waals surface area contributed by atoms with Crippen LogP contribution in [0.2, 0.25) is 0 Å². The van der Waals surface area contributed by atoms with Gasteiger partial charge < -0.3 is 68.1 Å². The molecular weight excluding hydrogens is 1030 g/mol. The summed E-state index contributed by atoms with van der Waals surface area (Å²) in [6.45, 7) is -2.07. The van der Waals surface area contributed by atoms with E-state index in [9.17, 15) is 38.4 Å². The number of hydrogen-bond donors (Lipinski definition) is 2. The van der Waals surface area contributed by atoms with Crippen molar-refractivity contribution in [1.29, 1.82) is 0 Å². The summed E-state index contributed by atoms with van der Waals surface area (Å²) in [7, 11) is 2.88. The molecular formula is C57H63N5O17. The zero-order chi connectivity index (χ0) is 56.4. The van der Waals surface area contributed by atoms with E-state index in [-0.39, 0.29) is 74.8 Å². The third kappa shape index (κ3) is 18.9. The summed E-state index contributed by atoms with van der Waals surface area (Å²) < 4.78 is 52.4. The largest absolute Gasteiger partial charge is 0.467 e. The summed E-state index contributed by atoms with van der Waals surface area (Å²) in [6.07, 6.45) is -3.15. The fourth-order valence-corrected chi connectivity index (χ4v) is 7.86. The maximum atomic E-state index is 14.0. The van der Waals surface area contributed by atoms with Gasteiger partial charge in [0.05, 0.1) is 74.5 Å². The molecule has 79 heavy (non-hydrogen) atoms. The second-order valence-electron chi connectivity index (χ2n) is 17.6. The first-order valence-electron chi connectivity index (χ1n) is 25.1. The molecule has 4 aromatic carbocycles. The fourth-order valence-electron chi connectivity index (χ4n) is 7.86. The number of primary amides is 1. The number of esters is 4. The quantitative estimate of drug-likeness (QED) is 0.0288. The van der Waals surface area contributed by atoms with Crippen molar-refractivity contribution in [1.82, 2.24) is 20.0 Å². The SMILES string of the molecule is COCCN(CC(N)=O)C(=O)CN(Cc1ccco1)C(=O)CN(CCOC)C(=O)CNC/C=C/COC1O[C@H](COC(=O)c2ccccc2)[C@@H](OC(=O)c2ccccc2)[C@H](OC(=O)c2ccccc2)[C@@H]1OC(=O)c1ccccc1. The molecule has 6 rings (SSSR count). The number of nitrogens with zero attached hydrogens (tertiary/aromatic N) is 3. The van der Waals surface area contributed by atoms with Gasteiger partial charge in [0.25, 0.3) is 0 Å². The van der Waals surface area contributed by atoms with Crippen LogP contribution in [-0.2, 0) is 63.6 Å². The molecule has 0 aliphatic carbocycles. The van der Waals surface area contributed by atoms with Gasteiger partial charge in [-0.2, -0.15) is 0 Å². The lowest BCUT2D eigenvalue weighted by atomic mass is 9.97. The third-order valence-corrected chi connectivity index (χ3v) is 11.9. The second kappa shape index (κ2) is 31.6. The average molecular weight is 1090 g/mol. The molecule has 1 saturated heterocycles. The molecule has 22 nitrogen and oxygen atoms in total. The Labute approximate surface area is 456 Å². The first-order chi connectivity index (χ1) is 38.3. The number of furan rings is 1. The first-order valence-corrected chi connectivity index (χ1v) is 25.1. The highest BCUT2D eigenvalue weighted by Gasteiger charge is 2.53. The highest BCUT2D eigenvalue weighted by molar-refractivity contribution is 5.92. The molecule has 0 radical (unpaired) electrons. The predicted molar refractivity (Wildman–Crippen MR) is 281 cm³/mol. The Kier molecular flexibility index (Phi) is 23.9. The van der Waals surface area contributed by atoms with Crippen molar-refractivity contribution < 1.29 is 80.7 Å².